The highest BCUT2D eigenvalue weighted by atomic mass is 32.2. The van der Waals surface area contributed by atoms with E-state index in [-0.39, 0.29) is 4.90 Å². The summed E-state index contributed by atoms with van der Waals surface area (Å²) >= 11 is 0. The Balaban J connectivity index is 2.36. The molecule has 118 valence electrons. The lowest BCUT2D eigenvalue weighted by Crippen LogP contribution is -2.46. The normalized spacial score (nSPS) is 23.3. The number of aliphatic hydroxyl groups is 1. The molecule has 1 aliphatic rings. The minimum atomic E-state index is -3.51. The van der Waals surface area contributed by atoms with E-state index in [9.17, 15) is 13.5 Å². The van der Waals surface area contributed by atoms with E-state index in [0.717, 1.165) is 19.4 Å². The number of hydrogen-bond acceptors (Lipinski definition) is 5. The fraction of sp³-hybridized carbons (Fsp3) is 0.571. The maximum absolute atomic E-state index is 12.1. The molecule has 1 atom stereocenters. The molecule has 0 spiro atoms. The van der Waals surface area contributed by atoms with Crippen LogP contribution >= 0.6 is 0 Å². The van der Waals surface area contributed by atoms with Crippen LogP contribution in [0.4, 0.5) is 11.4 Å². The van der Waals surface area contributed by atoms with Gasteiger partial charge in [0.1, 0.15) is 0 Å². The van der Waals surface area contributed by atoms with Crippen LogP contribution in [-0.4, -0.2) is 38.8 Å². The Kier molecular flexibility index (Phi) is 4.46. The first kappa shape index (κ1) is 16.1. The Labute approximate surface area is 126 Å². The summed E-state index contributed by atoms with van der Waals surface area (Å²) in [4.78, 5) is 2.14. The Morgan fingerprint density at radius 2 is 2.19 bits per heavy atom. The highest BCUT2D eigenvalue weighted by molar-refractivity contribution is 7.89. The van der Waals surface area contributed by atoms with Crippen LogP contribution in [0.2, 0.25) is 0 Å². The lowest BCUT2D eigenvalue weighted by atomic mass is 9.94. The zero-order valence-electron chi connectivity index (χ0n) is 12.5. The molecule has 6 nitrogen and oxygen atoms in total. The van der Waals surface area contributed by atoms with Gasteiger partial charge in [0.05, 0.1) is 21.9 Å². The Hall–Kier alpha value is -1.31. The highest BCUT2D eigenvalue weighted by Gasteiger charge is 2.29. The molecule has 21 heavy (non-hydrogen) atoms. The van der Waals surface area contributed by atoms with E-state index in [1.54, 1.807) is 26.0 Å². The lowest BCUT2D eigenvalue weighted by molar-refractivity contribution is 0.0449. The quantitative estimate of drug-likeness (QED) is 0.718. The molecule has 1 saturated heterocycles. The molecule has 1 heterocycles. The molecule has 2 rings (SSSR count). The minimum Gasteiger partial charge on any atom is -0.397 e. The predicted molar refractivity (Wildman–Crippen MR) is 83.8 cm³/mol. The molecule has 1 fully saturated rings. The van der Waals surface area contributed by atoms with Crippen LogP contribution in [0.25, 0.3) is 0 Å². The van der Waals surface area contributed by atoms with Gasteiger partial charge < -0.3 is 15.7 Å². The van der Waals surface area contributed by atoms with Crippen LogP contribution in [0.1, 0.15) is 26.7 Å². The number of piperidine rings is 1. The van der Waals surface area contributed by atoms with Gasteiger partial charge in [-0.15, -0.1) is 0 Å². The molecule has 7 heteroatoms. The molecule has 4 N–H and O–H groups in total. The first-order chi connectivity index (χ1) is 9.75. The van der Waals surface area contributed by atoms with Crippen LogP contribution in [0, 0.1) is 0 Å². The van der Waals surface area contributed by atoms with Gasteiger partial charge in [0.2, 0.25) is 10.0 Å². The third-order valence-corrected chi connectivity index (χ3v) is 5.21. The second-order valence-electron chi connectivity index (χ2n) is 5.74. The van der Waals surface area contributed by atoms with Crippen molar-refractivity contribution >= 4 is 21.4 Å². The average Bonchev–Trinajstić information content (AvgIpc) is 2.37. The van der Waals surface area contributed by atoms with Crippen molar-refractivity contribution < 1.29 is 13.5 Å². The van der Waals surface area contributed by atoms with Gasteiger partial charge in [-0.3, -0.25) is 0 Å². The van der Waals surface area contributed by atoms with Crippen molar-refractivity contribution in [2.75, 3.05) is 30.3 Å². The van der Waals surface area contributed by atoms with Crippen molar-refractivity contribution in [1.29, 1.82) is 0 Å². The molecule has 0 aromatic heterocycles. The summed E-state index contributed by atoms with van der Waals surface area (Å²) < 4.78 is 26.6. The molecule has 1 aromatic rings. The van der Waals surface area contributed by atoms with Gasteiger partial charge in [0.25, 0.3) is 0 Å². The summed E-state index contributed by atoms with van der Waals surface area (Å²) in [6.07, 6.45) is 1.58. The largest absolute Gasteiger partial charge is 0.397 e. The number of anilines is 2. The number of β-amino-alcohol motifs (C(OH)–C–C–N with tert-alkyl or cyclic N) is 1. The van der Waals surface area contributed by atoms with E-state index in [4.69, 9.17) is 5.73 Å². The van der Waals surface area contributed by atoms with Crippen molar-refractivity contribution in [2.24, 2.45) is 0 Å². The van der Waals surface area contributed by atoms with E-state index in [0.29, 0.717) is 24.5 Å². The van der Waals surface area contributed by atoms with Crippen LogP contribution < -0.4 is 15.4 Å². The number of sulfonamides is 1. The average molecular weight is 313 g/mol. The van der Waals surface area contributed by atoms with Crippen LogP contribution in [0.3, 0.4) is 0 Å². The first-order valence-corrected chi connectivity index (χ1v) is 8.60. The van der Waals surface area contributed by atoms with E-state index in [2.05, 4.69) is 4.72 Å². The second kappa shape index (κ2) is 5.82. The number of nitrogens with one attached hydrogen (secondary N) is 1. The van der Waals surface area contributed by atoms with E-state index in [1.165, 1.54) is 6.07 Å². The molecule has 0 aliphatic carbocycles. The standard InChI is InChI=1S/C14H23N3O3S/c1-3-16-21(19,20)11-5-6-12(15)13(9-11)17-8-4-7-14(2,18)10-17/h5-6,9,16,18H,3-4,7-8,10,15H2,1-2H3. The summed E-state index contributed by atoms with van der Waals surface area (Å²) in [6, 6.07) is 4.68. The number of benzene rings is 1. The van der Waals surface area contributed by atoms with E-state index < -0.39 is 15.6 Å². The summed E-state index contributed by atoms with van der Waals surface area (Å²) in [5, 5.41) is 10.2. The number of hydrogen-bond donors (Lipinski definition) is 3. The fourth-order valence-electron chi connectivity index (χ4n) is 2.66. The molecule has 0 radical (unpaired) electrons. The topological polar surface area (TPSA) is 95.7 Å². The lowest BCUT2D eigenvalue weighted by Gasteiger charge is -2.38. The maximum atomic E-state index is 12.1. The van der Waals surface area contributed by atoms with Crippen molar-refractivity contribution in [3.05, 3.63) is 18.2 Å². The van der Waals surface area contributed by atoms with Gasteiger partial charge in [0, 0.05) is 19.6 Å². The summed E-state index contributed by atoms with van der Waals surface area (Å²) in [5.74, 6) is 0. The van der Waals surface area contributed by atoms with Gasteiger partial charge in [0.15, 0.2) is 0 Å². The van der Waals surface area contributed by atoms with Gasteiger partial charge in [-0.1, -0.05) is 6.92 Å². The molecule has 0 amide bonds. The SMILES string of the molecule is CCNS(=O)(=O)c1ccc(N)c(N2CCCC(C)(O)C2)c1. The molecule has 1 aromatic carbocycles. The van der Waals surface area contributed by atoms with Crippen molar-refractivity contribution in [2.45, 2.75) is 37.2 Å². The number of nitrogen functional groups attached to an aromatic ring is 1. The highest BCUT2D eigenvalue weighted by Crippen LogP contribution is 2.31. The zero-order valence-corrected chi connectivity index (χ0v) is 13.3. The Morgan fingerprint density at radius 3 is 2.81 bits per heavy atom. The first-order valence-electron chi connectivity index (χ1n) is 7.12. The monoisotopic (exact) mass is 313 g/mol. The Bertz CT molecular complexity index is 614. The number of nitrogens with zero attached hydrogens (tertiary/aromatic N) is 1. The smallest absolute Gasteiger partial charge is 0.240 e. The van der Waals surface area contributed by atoms with Gasteiger partial charge in [-0.2, -0.15) is 0 Å². The van der Waals surface area contributed by atoms with Crippen LogP contribution in [0.5, 0.6) is 0 Å². The molecule has 0 saturated carbocycles. The van der Waals surface area contributed by atoms with E-state index >= 15 is 0 Å². The number of nitrogens with two attached hydrogens (primary N) is 1. The van der Waals surface area contributed by atoms with Gasteiger partial charge >= 0.3 is 0 Å². The fourth-order valence-corrected chi connectivity index (χ4v) is 3.72. The van der Waals surface area contributed by atoms with Crippen molar-refractivity contribution in [1.82, 2.24) is 4.72 Å². The number of rotatable bonds is 4. The van der Waals surface area contributed by atoms with Crippen LogP contribution in [0.15, 0.2) is 23.1 Å². The maximum Gasteiger partial charge on any atom is 0.240 e. The van der Waals surface area contributed by atoms with Crippen molar-refractivity contribution in [3.8, 4) is 0 Å². The Morgan fingerprint density at radius 1 is 1.48 bits per heavy atom. The van der Waals surface area contributed by atoms with Crippen LogP contribution in [-0.2, 0) is 10.0 Å². The summed E-state index contributed by atoms with van der Waals surface area (Å²) in [5.41, 5.74) is 6.39. The second-order valence-corrected chi connectivity index (χ2v) is 7.51. The molecule has 1 aliphatic heterocycles. The predicted octanol–water partition coefficient (Wildman–Crippen LogP) is 0.918. The summed E-state index contributed by atoms with van der Waals surface area (Å²) in [6.45, 7) is 5.06. The van der Waals surface area contributed by atoms with E-state index in [1.807, 2.05) is 4.90 Å². The van der Waals surface area contributed by atoms with Gasteiger partial charge in [-0.05, 0) is 38.0 Å². The molecular weight excluding hydrogens is 290 g/mol. The third kappa shape index (κ3) is 3.66. The molecule has 0 bridgehead atoms. The summed E-state index contributed by atoms with van der Waals surface area (Å²) in [7, 11) is -3.51. The third-order valence-electron chi connectivity index (χ3n) is 3.66. The van der Waals surface area contributed by atoms with Gasteiger partial charge in [-0.25, -0.2) is 13.1 Å². The minimum absolute atomic E-state index is 0.193. The zero-order chi connectivity index (χ0) is 15.7. The van der Waals surface area contributed by atoms with Crippen molar-refractivity contribution in [3.63, 3.8) is 0 Å². The molecule has 1 unspecified atom stereocenters. The molecular formula is C14H23N3O3S.